The van der Waals surface area contributed by atoms with Crippen molar-refractivity contribution < 1.29 is 9.53 Å². The van der Waals surface area contributed by atoms with Gasteiger partial charge in [0.25, 0.3) is 0 Å². The molecule has 0 amide bonds. The van der Waals surface area contributed by atoms with Gasteiger partial charge in [-0.3, -0.25) is 9.69 Å². The zero-order valence-electron chi connectivity index (χ0n) is 16.7. The van der Waals surface area contributed by atoms with Gasteiger partial charge in [0.15, 0.2) is 0 Å². The second kappa shape index (κ2) is 9.44. The van der Waals surface area contributed by atoms with Crippen LogP contribution in [0.3, 0.4) is 0 Å². The van der Waals surface area contributed by atoms with E-state index in [2.05, 4.69) is 15.9 Å². The summed E-state index contributed by atoms with van der Waals surface area (Å²) in [6, 6.07) is 18.0. The predicted molar refractivity (Wildman–Crippen MR) is 115 cm³/mol. The van der Waals surface area contributed by atoms with Gasteiger partial charge in [0.05, 0.1) is 12.5 Å². The van der Waals surface area contributed by atoms with Crippen LogP contribution in [-0.2, 0) is 14.9 Å². The Labute approximate surface area is 173 Å². The molecule has 1 aliphatic rings. The Balaban J connectivity index is 1.52. The molecule has 150 valence electrons. The number of halogens is 1. The number of rotatable bonds is 7. The van der Waals surface area contributed by atoms with Gasteiger partial charge in [-0.05, 0) is 50.1 Å². The highest BCUT2D eigenvalue weighted by Gasteiger charge is 2.35. The molecule has 1 aliphatic heterocycles. The molecule has 0 N–H and O–H groups in total. The first kappa shape index (κ1) is 20.7. The van der Waals surface area contributed by atoms with Crippen LogP contribution in [0.1, 0.15) is 25.3 Å². The van der Waals surface area contributed by atoms with Crippen molar-refractivity contribution in [2.45, 2.75) is 25.2 Å². The lowest BCUT2D eigenvalue weighted by molar-refractivity contribution is -0.147. The summed E-state index contributed by atoms with van der Waals surface area (Å²) in [5.41, 5.74) is 1.61. The Bertz CT molecular complexity index is 775. The van der Waals surface area contributed by atoms with Gasteiger partial charge in [-0.2, -0.15) is 0 Å². The van der Waals surface area contributed by atoms with Crippen LogP contribution in [0.5, 0.6) is 0 Å². The third kappa shape index (κ3) is 4.86. The maximum Gasteiger partial charge on any atom is 0.315 e. The van der Waals surface area contributed by atoms with Crippen LogP contribution in [0.25, 0.3) is 0 Å². The Morgan fingerprint density at radius 1 is 1.07 bits per heavy atom. The molecule has 28 heavy (non-hydrogen) atoms. The lowest BCUT2D eigenvalue weighted by Gasteiger charge is -2.36. The smallest absolute Gasteiger partial charge is 0.315 e. The van der Waals surface area contributed by atoms with E-state index in [0.717, 1.165) is 56.2 Å². The molecule has 0 spiro atoms. The minimum Gasteiger partial charge on any atom is -0.468 e. The highest BCUT2D eigenvalue weighted by molar-refractivity contribution is 6.30. The van der Waals surface area contributed by atoms with E-state index in [1.807, 2.05) is 55.5 Å². The van der Waals surface area contributed by atoms with E-state index in [9.17, 15) is 4.79 Å². The highest BCUT2D eigenvalue weighted by atomic mass is 35.5. The fraction of sp³-hybridized carbons (Fsp3) is 0.435. The summed E-state index contributed by atoms with van der Waals surface area (Å²) in [4.78, 5) is 17.3. The van der Waals surface area contributed by atoms with Crippen molar-refractivity contribution in [3.05, 3.63) is 65.2 Å². The molecular weight excluding hydrogens is 372 g/mol. The standard InChI is InChI=1S/C23H29ClN2O2/c1-23(22(27)28-2,19-8-4-3-5-9-19)12-7-13-25-14-16-26(17-15-25)21-11-6-10-20(24)18-21/h3-6,8-11,18H,7,12-17H2,1-2H3. The highest BCUT2D eigenvalue weighted by Crippen LogP contribution is 2.30. The Kier molecular flexibility index (Phi) is 6.97. The predicted octanol–water partition coefficient (Wildman–Crippen LogP) is 4.37. The SMILES string of the molecule is COC(=O)C(C)(CCCN1CCN(c2cccc(Cl)c2)CC1)c1ccccc1. The number of carbonyl (C=O) groups is 1. The average Bonchev–Trinajstić information content (AvgIpc) is 2.74. The topological polar surface area (TPSA) is 32.8 Å². The molecule has 1 saturated heterocycles. The minimum absolute atomic E-state index is 0.163. The monoisotopic (exact) mass is 400 g/mol. The molecule has 4 nitrogen and oxygen atoms in total. The largest absolute Gasteiger partial charge is 0.468 e. The lowest BCUT2D eigenvalue weighted by Crippen LogP contribution is -2.47. The molecule has 1 atom stereocenters. The minimum atomic E-state index is -0.599. The number of methoxy groups -OCH3 is 1. The van der Waals surface area contributed by atoms with E-state index in [1.54, 1.807) is 0 Å². The molecule has 1 heterocycles. The number of esters is 1. The number of benzene rings is 2. The molecule has 0 saturated carbocycles. The number of hydrogen-bond donors (Lipinski definition) is 0. The van der Waals surface area contributed by atoms with Crippen LogP contribution >= 0.6 is 11.6 Å². The lowest BCUT2D eigenvalue weighted by atomic mass is 9.78. The molecule has 1 unspecified atom stereocenters. The zero-order chi connectivity index (χ0) is 20.0. The summed E-state index contributed by atoms with van der Waals surface area (Å²) >= 11 is 6.12. The maximum absolute atomic E-state index is 12.5. The summed E-state index contributed by atoms with van der Waals surface area (Å²) in [5.74, 6) is -0.163. The normalized spacial score (nSPS) is 17.2. The Hall–Kier alpha value is -2.04. The molecule has 0 aliphatic carbocycles. The second-order valence-corrected chi connectivity index (χ2v) is 8.04. The van der Waals surface area contributed by atoms with Gasteiger partial charge in [-0.1, -0.05) is 48.0 Å². The van der Waals surface area contributed by atoms with Gasteiger partial charge in [-0.15, -0.1) is 0 Å². The van der Waals surface area contributed by atoms with Crippen LogP contribution in [0.4, 0.5) is 5.69 Å². The fourth-order valence-electron chi connectivity index (χ4n) is 3.95. The number of anilines is 1. The van der Waals surface area contributed by atoms with Crippen molar-refractivity contribution >= 4 is 23.3 Å². The number of carbonyl (C=O) groups excluding carboxylic acids is 1. The quantitative estimate of drug-likeness (QED) is 0.646. The van der Waals surface area contributed by atoms with Crippen molar-refractivity contribution in [1.29, 1.82) is 0 Å². The van der Waals surface area contributed by atoms with E-state index < -0.39 is 5.41 Å². The molecule has 1 fully saturated rings. The first-order valence-electron chi connectivity index (χ1n) is 9.90. The van der Waals surface area contributed by atoms with E-state index in [-0.39, 0.29) is 5.97 Å². The number of ether oxygens (including phenoxy) is 1. The van der Waals surface area contributed by atoms with Crippen LogP contribution in [0.15, 0.2) is 54.6 Å². The van der Waals surface area contributed by atoms with Crippen LogP contribution in [0.2, 0.25) is 5.02 Å². The van der Waals surface area contributed by atoms with Gasteiger partial charge in [0.2, 0.25) is 0 Å². The molecule has 0 bridgehead atoms. The van der Waals surface area contributed by atoms with Crippen molar-refractivity contribution in [2.75, 3.05) is 44.7 Å². The second-order valence-electron chi connectivity index (χ2n) is 7.60. The summed E-state index contributed by atoms with van der Waals surface area (Å²) in [6.07, 6.45) is 1.73. The van der Waals surface area contributed by atoms with Crippen molar-refractivity contribution in [3.63, 3.8) is 0 Å². The van der Waals surface area contributed by atoms with Crippen LogP contribution in [-0.4, -0.2) is 50.7 Å². The molecule has 0 radical (unpaired) electrons. The van der Waals surface area contributed by atoms with E-state index >= 15 is 0 Å². The van der Waals surface area contributed by atoms with E-state index in [4.69, 9.17) is 16.3 Å². The Morgan fingerprint density at radius 2 is 1.79 bits per heavy atom. The van der Waals surface area contributed by atoms with E-state index in [0.29, 0.717) is 0 Å². The summed E-state index contributed by atoms with van der Waals surface area (Å²) in [7, 11) is 1.47. The zero-order valence-corrected chi connectivity index (χ0v) is 17.5. The number of hydrogen-bond acceptors (Lipinski definition) is 4. The van der Waals surface area contributed by atoms with Gasteiger partial charge in [0.1, 0.15) is 0 Å². The molecule has 2 aromatic rings. The summed E-state index contributed by atoms with van der Waals surface area (Å²) in [6.45, 7) is 7.01. The van der Waals surface area contributed by atoms with Gasteiger partial charge >= 0.3 is 5.97 Å². The van der Waals surface area contributed by atoms with Crippen LogP contribution in [0, 0.1) is 0 Å². The molecule has 2 aromatic carbocycles. The summed E-state index contributed by atoms with van der Waals surface area (Å²) < 4.78 is 5.12. The molecular formula is C23H29ClN2O2. The third-order valence-corrected chi connectivity index (χ3v) is 5.98. The molecule has 5 heteroatoms. The first-order chi connectivity index (χ1) is 13.5. The maximum atomic E-state index is 12.5. The van der Waals surface area contributed by atoms with Crippen molar-refractivity contribution in [1.82, 2.24) is 4.90 Å². The molecule has 0 aromatic heterocycles. The third-order valence-electron chi connectivity index (χ3n) is 5.74. The first-order valence-corrected chi connectivity index (χ1v) is 10.3. The van der Waals surface area contributed by atoms with Crippen molar-refractivity contribution in [2.24, 2.45) is 0 Å². The number of nitrogens with zero attached hydrogens (tertiary/aromatic N) is 2. The van der Waals surface area contributed by atoms with Gasteiger partial charge in [-0.25, -0.2) is 0 Å². The summed E-state index contributed by atoms with van der Waals surface area (Å²) in [5, 5.41) is 0.780. The molecule has 3 rings (SSSR count). The Morgan fingerprint density at radius 3 is 2.43 bits per heavy atom. The average molecular weight is 401 g/mol. The van der Waals surface area contributed by atoms with Crippen LogP contribution < -0.4 is 4.90 Å². The number of piperazine rings is 1. The van der Waals surface area contributed by atoms with E-state index in [1.165, 1.54) is 12.8 Å². The van der Waals surface area contributed by atoms with Crippen molar-refractivity contribution in [3.8, 4) is 0 Å². The van der Waals surface area contributed by atoms with Gasteiger partial charge in [0, 0.05) is 36.9 Å². The fourth-order valence-corrected chi connectivity index (χ4v) is 4.14. The van der Waals surface area contributed by atoms with Gasteiger partial charge < -0.3 is 9.64 Å².